The van der Waals surface area contributed by atoms with Gasteiger partial charge < -0.3 is 10.3 Å². The Morgan fingerprint density at radius 3 is 1.86 bits per heavy atom. The van der Waals surface area contributed by atoms with Crippen molar-refractivity contribution in [3.05, 3.63) is 10.1 Å². The van der Waals surface area contributed by atoms with Crippen LogP contribution in [0.4, 0.5) is 0 Å². The molecule has 0 aromatic carbocycles. The minimum absolute atomic E-state index is 0.250. The molecule has 0 unspecified atom stereocenters. The van der Waals surface area contributed by atoms with Gasteiger partial charge in [0.25, 0.3) is 5.09 Å². The van der Waals surface area contributed by atoms with Gasteiger partial charge >= 0.3 is 0 Å². The molecule has 0 fully saturated rings. The third kappa shape index (κ3) is 73.0. The first kappa shape index (κ1) is 9.48. The summed E-state index contributed by atoms with van der Waals surface area (Å²) in [7, 11) is 0. The van der Waals surface area contributed by atoms with E-state index in [4.69, 9.17) is 20.4 Å². The monoisotopic (exact) mass is 109 g/mol. The van der Waals surface area contributed by atoms with E-state index in [0.717, 1.165) is 0 Å². The van der Waals surface area contributed by atoms with Gasteiger partial charge in [0, 0.05) is 6.61 Å². The smallest absolute Gasteiger partial charge is 0.291 e. The average molecular weight is 109 g/mol. The third-order valence-corrected chi connectivity index (χ3v) is 0. The van der Waals surface area contributed by atoms with Crippen molar-refractivity contribution in [3.63, 3.8) is 0 Å². The molecule has 0 heterocycles. The summed E-state index contributed by atoms with van der Waals surface area (Å²) in [5.74, 6) is 0. The molecular weight excluding hydrogens is 102 g/mol. The summed E-state index contributed by atoms with van der Waals surface area (Å²) in [5.41, 5.74) is 0. The number of aliphatic hydroxyl groups is 1. The molecule has 0 aliphatic heterocycles. The van der Waals surface area contributed by atoms with E-state index in [1.807, 2.05) is 0 Å². The van der Waals surface area contributed by atoms with E-state index in [-0.39, 0.29) is 6.61 Å². The summed E-state index contributed by atoms with van der Waals surface area (Å²) < 4.78 is 0. The highest BCUT2D eigenvalue weighted by Gasteiger charge is 1.65. The van der Waals surface area contributed by atoms with Crippen molar-refractivity contribution < 1.29 is 15.4 Å². The molecule has 0 rings (SSSR count). The first-order chi connectivity index (χ1) is 3.15. The van der Waals surface area contributed by atoms with Crippen LogP contribution in [-0.2, 0) is 0 Å². The van der Waals surface area contributed by atoms with E-state index >= 15 is 0 Å². The van der Waals surface area contributed by atoms with Crippen LogP contribution in [0.2, 0.25) is 0 Å². The van der Waals surface area contributed by atoms with Gasteiger partial charge in [0.2, 0.25) is 0 Å². The fourth-order valence-corrected chi connectivity index (χ4v) is 0. The second kappa shape index (κ2) is 8.94. The van der Waals surface area contributed by atoms with Gasteiger partial charge in [-0.05, 0) is 6.92 Å². The normalized spacial score (nSPS) is 6.00. The standard InChI is InChI=1S/C2H6O.HNO3/c1-2-3;2-1(3)4/h3H,2H2,1H3;(H,2,3,4). The minimum Gasteiger partial charge on any atom is -0.397 e. The van der Waals surface area contributed by atoms with Crippen molar-refractivity contribution >= 4 is 0 Å². The molecule has 0 atom stereocenters. The topological polar surface area (TPSA) is 83.6 Å². The molecule has 0 saturated heterocycles. The van der Waals surface area contributed by atoms with E-state index in [2.05, 4.69) is 0 Å². The first-order valence-corrected chi connectivity index (χ1v) is 1.59. The van der Waals surface area contributed by atoms with Crippen molar-refractivity contribution in [2.24, 2.45) is 0 Å². The molecule has 0 aromatic heterocycles. The largest absolute Gasteiger partial charge is 0.397 e. The minimum atomic E-state index is -1.50. The van der Waals surface area contributed by atoms with Crippen LogP contribution in [-0.4, -0.2) is 22.0 Å². The van der Waals surface area contributed by atoms with Crippen molar-refractivity contribution in [1.82, 2.24) is 0 Å². The van der Waals surface area contributed by atoms with E-state index in [0.29, 0.717) is 0 Å². The van der Waals surface area contributed by atoms with Crippen LogP contribution in [0, 0.1) is 10.1 Å². The Balaban J connectivity index is 0. The highest BCUT2D eigenvalue weighted by molar-refractivity contribution is 3.84. The zero-order valence-corrected chi connectivity index (χ0v) is 3.87. The van der Waals surface area contributed by atoms with Gasteiger partial charge in [0.1, 0.15) is 0 Å². The molecule has 2 N–H and O–H groups in total. The Morgan fingerprint density at radius 1 is 1.86 bits per heavy atom. The Hall–Kier alpha value is -0.840. The van der Waals surface area contributed by atoms with Crippen LogP contribution in [0.1, 0.15) is 6.92 Å². The Labute approximate surface area is 40.3 Å². The van der Waals surface area contributed by atoms with Gasteiger partial charge in [-0.15, -0.1) is 10.1 Å². The number of hydrogen-bond acceptors (Lipinski definition) is 3. The molecule has 5 heteroatoms. The maximum atomic E-state index is 8.36. The second-order valence-electron chi connectivity index (χ2n) is 0.554. The average Bonchev–Trinajstić information content (AvgIpc) is 1.33. The summed E-state index contributed by atoms with van der Waals surface area (Å²) in [6.45, 7) is 1.93. The van der Waals surface area contributed by atoms with E-state index < -0.39 is 5.09 Å². The summed E-state index contributed by atoms with van der Waals surface area (Å²) in [6, 6.07) is 0. The number of rotatable bonds is 0. The summed E-state index contributed by atoms with van der Waals surface area (Å²) >= 11 is 0. The SMILES string of the molecule is CCO.O=[N+]([O-])O. The van der Waals surface area contributed by atoms with Crippen molar-refractivity contribution in [2.45, 2.75) is 6.92 Å². The van der Waals surface area contributed by atoms with Crippen LogP contribution in [0.5, 0.6) is 0 Å². The summed E-state index contributed by atoms with van der Waals surface area (Å²) in [4.78, 5) is 8.36. The molecule has 44 valence electrons. The van der Waals surface area contributed by atoms with Crippen LogP contribution < -0.4 is 0 Å². The Kier molecular flexibility index (Phi) is 12.1. The van der Waals surface area contributed by atoms with Crippen LogP contribution in [0.25, 0.3) is 0 Å². The number of hydrogen-bond donors (Lipinski definition) is 2. The van der Waals surface area contributed by atoms with E-state index in [1.165, 1.54) is 0 Å². The highest BCUT2D eigenvalue weighted by atomic mass is 16.9. The summed E-state index contributed by atoms with van der Waals surface area (Å²) in [6.07, 6.45) is 0. The predicted octanol–water partition coefficient (Wildman–Crippen LogP) is -0.349. The van der Waals surface area contributed by atoms with Gasteiger partial charge in [-0.1, -0.05) is 0 Å². The zero-order valence-electron chi connectivity index (χ0n) is 3.87. The fraction of sp³-hybridized carbons (Fsp3) is 1.00. The lowest BCUT2D eigenvalue weighted by Crippen LogP contribution is -1.81. The molecule has 0 radical (unpaired) electrons. The number of nitrogens with zero attached hydrogens (tertiary/aromatic N) is 1. The maximum Gasteiger partial charge on any atom is 0.291 e. The van der Waals surface area contributed by atoms with E-state index in [9.17, 15) is 0 Å². The Bertz CT molecular complexity index is 41.0. The molecule has 5 nitrogen and oxygen atoms in total. The van der Waals surface area contributed by atoms with Crippen molar-refractivity contribution in [2.75, 3.05) is 6.61 Å². The van der Waals surface area contributed by atoms with Crippen molar-refractivity contribution in [1.29, 1.82) is 0 Å². The first-order valence-electron chi connectivity index (χ1n) is 1.59. The number of aliphatic hydroxyl groups excluding tert-OH is 1. The molecule has 0 aromatic rings. The van der Waals surface area contributed by atoms with E-state index in [1.54, 1.807) is 6.92 Å². The molecule has 0 saturated carbocycles. The quantitative estimate of drug-likeness (QED) is 0.329. The molecule has 0 bridgehead atoms. The predicted molar refractivity (Wildman–Crippen MR) is 21.5 cm³/mol. The highest BCUT2D eigenvalue weighted by Crippen LogP contribution is 1.38. The molecule has 0 aliphatic carbocycles. The van der Waals surface area contributed by atoms with Gasteiger partial charge in [0.05, 0.1) is 0 Å². The Morgan fingerprint density at radius 2 is 1.86 bits per heavy atom. The van der Waals surface area contributed by atoms with Gasteiger partial charge in [-0.2, -0.15) is 0 Å². The van der Waals surface area contributed by atoms with Gasteiger partial charge in [0.15, 0.2) is 0 Å². The fourth-order valence-electron chi connectivity index (χ4n) is 0. The zero-order chi connectivity index (χ0) is 6.28. The molecule has 0 amide bonds. The van der Waals surface area contributed by atoms with Gasteiger partial charge in [-0.25, -0.2) is 0 Å². The van der Waals surface area contributed by atoms with Crippen LogP contribution >= 0.6 is 0 Å². The second-order valence-corrected chi connectivity index (χ2v) is 0.554. The molecule has 0 aliphatic rings. The van der Waals surface area contributed by atoms with Crippen molar-refractivity contribution in [3.8, 4) is 0 Å². The summed E-state index contributed by atoms with van der Waals surface area (Å²) in [5, 5.41) is 21.2. The van der Waals surface area contributed by atoms with Gasteiger partial charge in [-0.3, -0.25) is 0 Å². The maximum absolute atomic E-state index is 8.36. The lowest BCUT2D eigenvalue weighted by atomic mass is 10.9. The molecule has 7 heavy (non-hydrogen) atoms. The lowest BCUT2D eigenvalue weighted by Gasteiger charge is -1.56. The molecular formula is C2H7NO4. The molecule has 0 spiro atoms. The van der Waals surface area contributed by atoms with Crippen LogP contribution in [0.3, 0.4) is 0 Å². The third-order valence-electron chi connectivity index (χ3n) is 0. The van der Waals surface area contributed by atoms with Crippen LogP contribution in [0.15, 0.2) is 0 Å². The lowest BCUT2D eigenvalue weighted by molar-refractivity contribution is -0.742.